The van der Waals surface area contributed by atoms with E-state index in [-0.39, 0.29) is 0 Å². The number of likely N-dealkylation sites (N-methyl/N-ethyl adjacent to an activating group) is 1. The van der Waals surface area contributed by atoms with Gasteiger partial charge in [-0.05, 0) is 14.0 Å². The fourth-order valence-corrected chi connectivity index (χ4v) is 2.04. The third-order valence-corrected chi connectivity index (χ3v) is 2.93. The highest BCUT2D eigenvalue weighted by molar-refractivity contribution is 7.09. The van der Waals surface area contributed by atoms with Crippen molar-refractivity contribution in [1.82, 2.24) is 15.5 Å². The first kappa shape index (κ1) is 10.3. The quantitative estimate of drug-likeness (QED) is 0.859. The van der Waals surface area contributed by atoms with Crippen LogP contribution in [0.5, 0.6) is 0 Å². The van der Waals surface area contributed by atoms with Crippen molar-refractivity contribution >= 4 is 11.3 Å². The maximum Gasteiger partial charge on any atom is 0.186 e. The Balaban J connectivity index is 2.13. The van der Waals surface area contributed by atoms with E-state index in [2.05, 4.69) is 15.5 Å². The van der Waals surface area contributed by atoms with E-state index in [1.807, 2.05) is 25.4 Å². The summed E-state index contributed by atoms with van der Waals surface area (Å²) in [6, 6.07) is 1.90. The van der Waals surface area contributed by atoms with Crippen LogP contribution in [0.15, 0.2) is 16.0 Å². The first-order valence-electron chi connectivity index (χ1n) is 4.82. The van der Waals surface area contributed by atoms with E-state index >= 15 is 0 Å². The third kappa shape index (κ3) is 2.43. The summed E-state index contributed by atoms with van der Waals surface area (Å²) in [5.74, 6) is 0.749. The molecule has 2 aromatic rings. The van der Waals surface area contributed by atoms with E-state index in [4.69, 9.17) is 4.52 Å². The minimum Gasteiger partial charge on any atom is -0.354 e. The van der Waals surface area contributed by atoms with E-state index < -0.39 is 0 Å². The lowest BCUT2D eigenvalue weighted by atomic mass is 10.3. The van der Waals surface area contributed by atoms with Crippen LogP contribution in [0.1, 0.15) is 10.7 Å². The van der Waals surface area contributed by atoms with Crippen molar-refractivity contribution in [3.8, 4) is 11.5 Å². The zero-order chi connectivity index (χ0) is 10.7. The van der Waals surface area contributed by atoms with E-state index in [9.17, 15) is 0 Å². The fourth-order valence-electron chi connectivity index (χ4n) is 1.26. The molecule has 0 saturated carbocycles. The van der Waals surface area contributed by atoms with Crippen molar-refractivity contribution < 1.29 is 4.52 Å². The van der Waals surface area contributed by atoms with Crippen LogP contribution in [0.4, 0.5) is 0 Å². The fraction of sp³-hybridized carbons (Fsp3) is 0.400. The van der Waals surface area contributed by atoms with Crippen molar-refractivity contribution in [2.24, 2.45) is 0 Å². The molecule has 4 nitrogen and oxygen atoms in total. The van der Waals surface area contributed by atoms with E-state index in [0.29, 0.717) is 0 Å². The number of rotatable bonds is 4. The van der Waals surface area contributed by atoms with Crippen LogP contribution in [0, 0.1) is 6.92 Å². The number of hydrogen-bond donors (Lipinski definition) is 1. The van der Waals surface area contributed by atoms with Crippen LogP contribution in [0.25, 0.3) is 11.5 Å². The molecule has 0 fully saturated rings. The van der Waals surface area contributed by atoms with Crippen molar-refractivity contribution in [3.05, 3.63) is 22.1 Å². The maximum atomic E-state index is 5.15. The van der Waals surface area contributed by atoms with E-state index in [0.717, 1.165) is 35.1 Å². The zero-order valence-electron chi connectivity index (χ0n) is 8.78. The molecule has 2 heterocycles. The molecule has 0 aliphatic rings. The molecule has 2 aromatic heterocycles. The Morgan fingerprint density at radius 3 is 3.07 bits per heavy atom. The van der Waals surface area contributed by atoms with Crippen LogP contribution in [-0.4, -0.2) is 23.7 Å². The van der Waals surface area contributed by atoms with Gasteiger partial charge in [0.25, 0.3) is 0 Å². The summed E-state index contributed by atoms with van der Waals surface area (Å²) < 4.78 is 5.15. The van der Waals surface area contributed by atoms with Gasteiger partial charge < -0.3 is 9.84 Å². The molecule has 5 heteroatoms. The van der Waals surface area contributed by atoms with E-state index in [1.54, 1.807) is 11.3 Å². The molecule has 80 valence electrons. The van der Waals surface area contributed by atoms with Crippen LogP contribution >= 0.6 is 11.3 Å². The number of aryl methyl sites for hydroxylation is 1. The Bertz CT molecular complexity index is 435. The molecular formula is C10H13N3OS. The number of nitrogens with one attached hydrogen (secondary N) is 1. The van der Waals surface area contributed by atoms with Gasteiger partial charge in [0.1, 0.15) is 5.69 Å². The Morgan fingerprint density at radius 2 is 2.40 bits per heavy atom. The predicted octanol–water partition coefficient (Wildman–Crippen LogP) is 1.87. The van der Waals surface area contributed by atoms with Gasteiger partial charge in [0.15, 0.2) is 5.76 Å². The summed E-state index contributed by atoms with van der Waals surface area (Å²) in [6.45, 7) is 2.85. The summed E-state index contributed by atoms with van der Waals surface area (Å²) in [4.78, 5) is 4.48. The molecular weight excluding hydrogens is 210 g/mol. The Morgan fingerprint density at radius 1 is 1.53 bits per heavy atom. The van der Waals surface area contributed by atoms with Gasteiger partial charge in [0, 0.05) is 24.4 Å². The molecule has 15 heavy (non-hydrogen) atoms. The SMILES string of the molecule is CNCCc1nc(-c2cc(C)no2)cs1. The monoisotopic (exact) mass is 223 g/mol. The highest BCUT2D eigenvalue weighted by atomic mass is 32.1. The van der Waals surface area contributed by atoms with Crippen LogP contribution in [-0.2, 0) is 6.42 Å². The lowest BCUT2D eigenvalue weighted by molar-refractivity contribution is 0.426. The molecule has 0 radical (unpaired) electrons. The largest absolute Gasteiger partial charge is 0.354 e. The standard InChI is InChI=1S/C10H13N3OS/c1-7-5-9(14-13-7)8-6-15-10(12-8)3-4-11-2/h5-6,11H,3-4H2,1-2H3. The highest BCUT2D eigenvalue weighted by Gasteiger charge is 2.08. The molecule has 0 amide bonds. The van der Waals surface area contributed by atoms with Gasteiger partial charge in [-0.15, -0.1) is 11.3 Å². The minimum atomic E-state index is 0.749. The molecule has 0 spiro atoms. The van der Waals surface area contributed by atoms with Crippen LogP contribution in [0.3, 0.4) is 0 Å². The van der Waals surface area contributed by atoms with Gasteiger partial charge in [-0.1, -0.05) is 5.16 Å². The lowest BCUT2D eigenvalue weighted by Gasteiger charge is -1.92. The van der Waals surface area contributed by atoms with Crippen molar-refractivity contribution in [3.63, 3.8) is 0 Å². The second-order valence-electron chi connectivity index (χ2n) is 3.31. The van der Waals surface area contributed by atoms with Gasteiger partial charge in [0.2, 0.25) is 0 Å². The summed E-state index contributed by atoms with van der Waals surface area (Å²) in [6.07, 6.45) is 0.953. The molecule has 2 rings (SSSR count). The predicted molar refractivity (Wildman–Crippen MR) is 60.0 cm³/mol. The second-order valence-corrected chi connectivity index (χ2v) is 4.26. The number of nitrogens with zero attached hydrogens (tertiary/aromatic N) is 2. The molecule has 0 aliphatic heterocycles. The normalized spacial score (nSPS) is 10.8. The molecule has 0 bridgehead atoms. The Hall–Kier alpha value is -1.20. The topological polar surface area (TPSA) is 51.0 Å². The number of hydrogen-bond acceptors (Lipinski definition) is 5. The average Bonchev–Trinajstić information content (AvgIpc) is 2.83. The molecule has 0 saturated heterocycles. The van der Waals surface area contributed by atoms with Gasteiger partial charge in [-0.25, -0.2) is 4.98 Å². The molecule has 0 unspecified atom stereocenters. The number of thiazole rings is 1. The molecule has 0 atom stereocenters. The summed E-state index contributed by atoms with van der Waals surface area (Å²) in [7, 11) is 1.94. The summed E-state index contributed by atoms with van der Waals surface area (Å²) >= 11 is 1.65. The zero-order valence-corrected chi connectivity index (χ0v) is 9.60. The Labute approximate surface area is 92.3 Å². The van der Waals surface area contributed by atoms with E-state index in [1.165, 1.54) is 0 Å². The van der Waals surface area contributed by atoms with Crippen LogP contribution < -0.4 is 5.32 Å². The minimum absolute atomic E-state index is 0.749. The molecule has 1 N–H and O–H groups in total. The van der Waals surface area contributed by atoms with Gasteiger partial charge in [-0.3, -0.25) is 0 Å². The highest BCUT2D eigenvalue weighted by Crippen LogP contribution is 2.22. The van der Waals surface area contributed by atoms with Crippen molar-refractivity contribution in [1.29, 1.82) is 0 Å². The lowest BCUT2D eigenvalue weighted by Crippen LogP contribution is -2.09. The van der Waals surface area contributed by atoms with Crippen molar-refractivity contribution in [2.75, 3.05) is 13.6 Å². The maximum absolute atomic E-state index is 5.15. The van der Waals surface area contributed by atoms with Crippen LogP contribution in [0.2, 0.25) is 0 Å². The van der Waals surface area contributed by atoms with Gasteiger partial charge in [-0.2, -0.15) is 0 Å². The first-order valence-corrected chi connectivity index (χ1v) is 5.70. The number of aromatic nitrogens is 2. The van der Waals surface area contributed by atoms with Gasteiger partial charge >= 0.3 is 0 Å². The summed E-state index contributed by atoms with van der Waals surface area (Å²) in [5, 5.41) is 10.1. The summed E-state index contributed by atoms with van der Waals surface area (Å²) in [5.41, 5.74) is 1.77. The smallest absolute Gasteiger partial charge is 0.186 e. The molecule has 0 aliphatic carbocycles. The first-order chi connectivity index (χ1) is 7.29. The van der Waals surface area contributed by atoms with Crippen molar-refractivity contribution in [2.45, 2.75) is 13.3 Å². The van der Waals surface area contributed by atoms with Gasteiger partial charge in [0.05, 0.1) is 10.7 Å². The molecule has 0 aromatic carbocycles. The second kappa shape index (κ2) is 4.55. The Kier molecular flexibility index (Phi) is 3.13. The third-order valence-electron chi connectivity index (χ3n) is 2.02. The average molecular weight is 223 g/mol.